The first-order valence-corrected chi connectivity index (χ1v) is 10.7. The Morgan fingerprint density at radius 2 is 1.55 bits per heavy atom. The molecule has 0 atom stereocenters. The first kappa shape index (κ1) is 20.9. The van der Waals surface area contributed by atoms with E-state index in [0.717, 1.165) is 20.6 Å². The van der Waals surface area contributed by atoms with Crippen LogP contribution in [0.1, 0.15) is 5.56 Å². The number of amides is 2. The molecule has 0 spiro atoms. The van der Waals surface area contributed by atoms with Crippen LogP contribution in [0.3, 0.4) is 0 Å². The molecule has 3 rings (SSSR count). The van der Waals surface area contributed by atoms with Gasteiger partial charge in [0.2, 0.25) is 11.8 Å². The molecular weight excluding hydrogens is 448 g/mol. The van der Waals surface area contributed by atoms with Crippen molar-refractivity contribution in [3.05, 3.63) is 95.0 Å². The molecule has 0 saturated carbocycles. The molecule has 0 unspecified atom stereocenters. The molecule has 0 fully saturated rings. The fraction of sp³-hybridized carbons (Fsp3) is 0.0435. The van der Waals surface area contributed by atoms with Crippen molar-refractivity contribution in [3.8, 4) is 0 Å². The van der Waals surface area contributed by atoms with E-state index in [4.69, 9.17) is 0 Å². The Morgan fingerprint density at radius 1 is 0.862 bits per heavy atom. The van der Waals surface area contributed by atoms with Crippen molar-refractivity contribution in [2.24, 2.45) is 0 Å². The van der Waals surface area contributed by atoms with Gasteiger partial charge in [-0.15, -0.1) is 11.8 Å². The lowest BCUT2D eigenvalue weighted by Crippen LogP contribution is -2.14. The fourth-order valence-corrected chi connectivity index (χ4v) is 3.53. The molecule has 0 aliphatic carbocycles. The summed E-state index contributed by atoms with van der Waals surface area (Å²) in [5.41, 5.74) is 2.42. The topological polar surface area (TPSA) is 58.2 Å². The zero-order valence-electron chi connectivity index (χ0n) is 15.5. The summed E-state index contributed by atoms with van der Waals surface area (Å²) >= 11 is 4.85. The summed E-state index contributed by atoms with van der Waals surface area (Å²) in [7, 11) is 0. The highest BCUT2D eigenvalue weighted by Gasteiger charge is 2.06. The van der Waals surface area contributed by atoms with Crippen LogP contribution in [0.5, 0.6) is 0 Å². The smallest absolute Gasteiger partial charge is 0.248 e. The number of para-hydroxylation sites is 1. The Morgan fingerprint density at radius 3 is 2.28 bits per heavy atom. The SMILES string of the molecule is O=C(/C=C/c1ccccc1)Nc1ccc(SCC(=O)Nc2ccccc2Br)cc1. The number of hydrogen-bond donors (Lipinski definition) is 2. The maximum atomic E-state index is 12.1. The van der Waals surface area contributed by atoms with E-state index in [1.807, 2.05) is 78.9 Å². The van der Waals surface area contributed by atoms with Crippen LogP contribution < -0.4 is 10.6 Å². The number of nitrogens with one attached hydrogen (secondary N) is 2. The summed E-state index contributed by atoms with van der Waals surface area (Å²) in [6, 6.07) is 24.5. The summed E-state index contributed by atoms with van der Waals surface area (Å²) in [5.74, 6) is 0.0275. The van der Waals surface area contributed by atoms with Crippen molar-refractivity contribution >= 4 is 57.0 Å². The molecule has 146 valence electrons. The molecule has 6 heteroatoms. The van der Waals surface area contributed by atoms with Crippen molar-refractivity contribution in [3.63, 3.8) is 0 Å². The molecule has 0 radical (unpaired) electrons. The fourth-order valence-electron chi connectivity index (χ4n) is 2.45. The van der Waals surface area contributed by atoms with Crippen molar-refractivity contribution in [2.45, 2.75) is 4.90 Å². The third-order valence-corrected chi connectivity index (χ3v) is 5.57. The lowest BCUT2D eigenvalue weighted by atomic mass is 10.2. The van der Waals surface area contributed by atoms with E-state index in [-0.39, 0.29) is 11.8 Å². The number of rotatable bonds is 7. The highest BCUT2D eigenvalue weighted by atomic mass is 79.9. The second-order valence-corrected chi connectivity index (χ2v) is 7.98. The van der Waals surface area contributed by atoms with E-state index in [9.17, 15) is 9.59 Å². The van der Waals surface area contributed by atoms with Gasteiger partial charge in [0.15, 0.2) is 0 Å². The van der Waals surface area contributed by atoms with E-state index < -0.39 is 0 Å². The molecule has 3 aromatic carbocycles. The van der Waals surface area contributed by atoms with Crippen molar-refractivity contribution in [2.75, 3.05) is 16.4 Å². The molecule has 2 amide bonds. The summed E-state index contributed by atoms with van der Waals surface area (Å²) in [4.78, 5) is 25.1. The number of hydrogen-bond acceptors (Lipinski definition) is 3. The number of benzene rings is 3. The minimum Gasteiger partial charge on any atom is -0.324 e. The van der Waals surface area contributed by atoms with Crippen molar-refractivity contribution in [1.82, 2.24) is 0 Å². The number of anilines is 2. The minimum atomic E-state index is -0.193. The van der Waals surface area contributed by atoms with Crippen LogP contribution in [0, 0.1) is 0 Å². The first-order chi connectivity index (χ1) is 14.1. The number of halogens is 1. The molecule has 0 bridgehead atoms. The highest BCUT2D eigenvalue weighted by molar-refractivity contribution is 9.10. The average Bonchev–Trinajstić information content (AvgIpc) is 2.74. The van der Waals surface area contributed by atoms with Crippen LogP contribution in [0.15, 0.2) is 94.3 Å². The van der Waals surface area contributed by atoms with Gasteiger partial charge in [-0.2, -0.15) is 0 Å². The number of carbonyl (C=O) groups excluding carboxylic acids is 2. The zero-order valence-corrected chi connectivity index (χ0v) is 17.9. The molecule has 0 aliphatic heterocycles. The second-order valence-electron chi connectivity index (χ2n) is 6.07. The van der Waals surface area contributed by atoms with Crippen molar-refractivity contribution < 1.29 is 9.59 Å². The van der Waals surface area contributed by atoms with Crippen LogP contribution in [0.25, 0.3) is 6.08 Å². The molecule has 0 heterocycles. The van der Waals surface area contributed by atoms with Crippen LogP contribution in [0.4, 0.5) is 11.4 Å². The van der Waals surface area contributed by atoms with Gasteiger partial charge in [-0.3, -0.25) is 9.59 Å². The van der Waals surface area contributed by atoms with Crippen LogP contribution in [-0.4, -0.2) is 17.6 Å². The zero-order chi connectivity index (χ0) is 20.5. The first-order valence-electron chi connectivity index (χ1n) is 8.91. The molecular formula is C23H19BrN2O2S. The minimum absolute atomic E-state index is 0.0784. The molecule has 2 N–H and O–H groups in total. The van der Waals surface area contributed by atoms with Gasteiger partial charge in [0, 0.05) is 21.1 Å². The standard InChI is InChI=1S/C23H19BrN2O2S/c24-20-8-4-5-9-21(20)26-23(28)16-29-19-13-11-18(12-14-19)25-22(27)15-10-17-6-2-1-3-7-17/h1-15H,16H2,(H,25,27)(H,26,28)/b15-10+. The van der Waals surface area contributed by atoms with Gasteiger partial charge >= 0.3 is 0 Å². The largest absolute Gasteiger partial charge is 0.324 e. The molecule has 29 heavy (non-hydrogen) atoms. The molecule has 0 aliphatic rings. The average molecular weight is 467 g/mol. The number of thioether (sulfide) groups is 1. The van der Waals surface area contributed by atoms with Crippen molar-refractivity contribution in [1.29, 1.82) is 0 Å². The predicted molar refractivity (Wildman–Crippen MR) is 124 cm³/mol. The van der Waals surface area contributed by atoms with Gasteiger partial charge in [0.05, 0.1) is 11.4 Å². The van der Waals surface area contributed by atoms with E-state index in [0.29, 0.717) is 11.4 Å². The monoisotopic (exact) mass is 466 g/mol. The van der Waals surface area contributed by atoms with E-state index in [1.54, 1.807) is 6.08 Å². The summed E-state index contributed by atoms with van der Waals surface area (Å²) in [6.45, 7) is 0. The second kappa shape index (κ2) is 10.6. The Bertz CT molecular complexity index is 1000. The van der Waals surface area contributed by atoms with E-state index >= 15 is 0 Å². The highest BCUT2D eigenvalue weighted by Crippen LogP contribution is 2.23. The normalized spacial score (nSPS) is 10.7. The summed E-state index contributed by atoms with van der Waals surface area (Å²) in [5, 5.41) is 5.70. The molecule has 0 saturated heterocycles. The van der Waals surface area contributed by atoms with Crippen LogP contribution in [-0.2, 0) is 9.59 Å². The van der Waals surface area contributed by atoms with Crippen LogP contribution >= 0.6 is 27.7 Å². The van der Waals surface area contributed by atoms with Gasteiger partial charge in [-0.1, -0.05) is 42.5 Å². The summed E-state index contributed by atoms with van der Waals surface area (Å²) < 4.78 is 0.847. The Kier molecular flexibility index (Phi) is 7.67. The Balaban J connectivity index is 1.47. The lowest BCUT2D eigenvalue weighted by molar-refractivity contribution is -0.114. The van der Waals surface area contributed by atoms with E-state index in [2.05, 4.69) is 26.6 Å². The number of carbonyl (C=O) groups is 2. The van der Waals surface area contributed by atoms with Crippen LogP contribution in [0.2, 0.25) is 0 Å². The van der Waals surface area contributed by atoms with Gasteiger partial charge in [0.1, 0.15) is 0 Å². The predicted octanol–water partition coefficient (Wildman–Crippen LogP) is 5.83. The third kappa shape index (κ3) is 6.93. The van der Waals surface area contributed by atoms with Gasteiger partial charge in [-0.25, -0.2) is 0 Å². The molecule has 0 aromatic heterocycles. The maximum absolute atomic E-state index is 12.1. The summed E-state index contributed by atoms with van der Waals surface area (Å²) in [6.07, 6.45) is 3.27. The van der Waals surface area contributed by atoms with Gasteiger partial charge < -0.3 is 10.6 Å². The van der Waals surface area contributed by atoms with E-state index in [1.165, 1.54) is 17.8 Å². The van der Waals surface area contributed by atoms with Gasteiger partial charge in [-0.05, 0) is 64.0 Å². The molecule has 3 aromatic rings. The van der Waals surface area contributed by atoms with Gasteiger partial charge in [0.25, 0.3) is 0 Å². The third-order valence-electron chi connectivity index (χ3n) is 3.87. The molecule has 4 nitrogen and oxygen atoms in total. The quantitative estimate of drug-likeness (QED) is 0.340. The Hall–Kier alpha value is -2.83. The maximum Gasteiger partial charge on any atom is 0.248 e. The lowest BCUT2D eigenvalue weighted by Gasteiger charge is -2.07. The Labute approximate surface area is 182 Å².